The molecule has 2 heteroatoms. The summed E-state index contributed by atoms with van der Waals surface area (Å²) in [7, 11) is 1.72. The summed E-state index contributed by atoms with van der Waals surface area (Å²) in [4.78, 5) is 0. The quantitative estimate of drug-likeness (QED) is 0.730. The Morgan fingerprint density at radius 2 is 2.21 bits per heavy atom. The lowest BCUT2D eigenvalue weighted by Crippen LogP contribution is -2.27. The zero-order valence-electron chi connectivity index (χ0n) is 8.84. The molecule has 1 heterocycles. The van der Waals surface area contributed by atoms with Gasteiger partial charge in [-0.05, 0) is 49.6 Å². The minimum Gasteiger partial charge on any atom is -0.497 e. The van der Waals surface area contributed by atoms with Crippen molar-refractivity contribution in [2.45, 2.75) is 25.8 Å². The molecule has 0 saturated heterocycles. The highest BCUT2D eigenvalue weighted by atomic mass is 16.5. The molecule has 14 heavy (non-hydrogen) atoms. The van der Waals surface area contributed by atoms with E-state index >= 15 is 0 Å². The first-order chi connectivity index (χ1) is 6.79. The summed E-state index contributed by atoms with van der Waals surface area (Å²) in [5, 5.41) is 3.49. The Labute approximate surface area is 85.3 Å². The lowest BCUT2D eigenvalue weighted by Gasteiger charge is -2.10. The fraction of sp³-hybridized carbons (Fsp3) is 0.500. The van der Waals surface area contributed by atoms with Gasteiger partial charge in [0.25, 0.3) is 0 Å². The van der Waals surface area contributed by atoms with E-state index in [1.165, 1.54) is 11.1 Å². The van der Waals surface area contributed by atoms with E-state index in [1.54, 1.807) is 7.11 Å². The van der Waals surface area contributed by atoms with Crippen LogP contribution in [0.3, 0.4) is 0 Å². The third-order valence-corrected chi connectivity index (χ3v) is 2.83. The number of rotatable bonds is 1. The molecule has 1 aliphatic rings. The van der Waals surface area contributed by atoms with E-state index in [-0.39, 0.29) is 0 Å². The van der Waals surface area contributed by atoms with E-state index in [0.717, 1.165) is 25.1 Å². The molecular formula is C12H17NO. The smallest absolute Gasteiger partial charge is 0.119 e. The maximum absolute atomic E-state index is 5.23. The molecule has 0 bridgehead atoms. The van der Waals surface area contributed by atoms with Crippen molar-refractivity contribution in [2.24, 2.45) is 0 Å². The summed E-state index contributed by atoms with van der Waals surface area (Å²) < 4.78 is 5.23. The SMILES string of the molecule is COc1ccc2c(c1)CCNC(C)C2. The second kappa shape index (κ2) is 4.01. The summed E-state index contributed by atoms with van der Waals surface area (Å²) in [6.45, 7) is 3.31. The van der Waals surface area contributed by atoms with Crippen LogP contribution in [0.15, 0.2) is 18.2 Å². The number of methoxy groups -OCH3 is 1. The average Bonchev–Trinajstić information content (AvgIpc) is 2.37. The topological polar surface area (TPSA) is 21.3 Å². The zero-order chi connectivity index (χ0) is 9.97. The first-order valence-electron chi connectivity index (χ1n) is 5.19. The first kappa shape index (κ1) is 9.53. The van der Waals surface area contributed by atoms with Crippen LogP contribution >= 0.6 is 0 Å². The first-order valence-corrected chi connectivity index (χ1v) is 5.19. The van der Waals surface area contributed by atoms with Crippen LogP contribution in [0.4, 0.5) is 0 Å². The van der Waals surface area contributed by atoms with Gasteiger partial charge < -0.3 is 10.1 Å². The van der Waals surface area contributed by atoms with Crippen LogP contribution in [0.5, 0.6) is 5.75 Å². The van der Waals surface area contributed by atoms with E-state index in [2.05, 4.69) is 30.4 Å². The summed E-state index contributed by atoms with van der Waals surface area (Å²) in [5.41, 5.74) is 2.89. The minimum absolute atomic E-state index is 0.588. The van der Waals surface area contributed by atoms with Crippen LogP contribution in [0.25, 0.3) is 0 Å². The highest BCUT2D eigenvalue weighted by molar-refractivity contribution is 5.37. The fourth-order valence-corrected chi connectivity index (χ4v) is 2.02. The molecule has 0 radical (unpaired) electrons. The van der Waals surface area contributed by atoms with Gasteiger partial charge in [-0.3, -0.25) is 0 Å². The van der Waals surface area contributed by atoms with Gasteiger partial charge in [-0.25, -0.2) is 0 Å². The highest BCUT2D eigenvalue weighted by Gasteiger charge is 2.12. The molecule has 0 fully saturated rings. The third-order valence-electron chi connectivity index (χ3n) is 2.83. The van der Waals surface area contributed by atoms with Crippen LogP contribution in [-0.4, -0.2) is 19.7 Å². The average molecular weight is 191 g/mol. The Morgan fingerprint density at radius 1 is 1.36 bits per heavy atom. The van der Waals surface area contributed by atoms with Crippen LogP contribution < -0.4 is 10.1 Å². The molecule has 1 aliphatic heterocycles. The van der Waals surface area contributed by atoms with Gasteiger partial charge in [0.05, 0.1) is 7.11 Å². The van der Waals surface area contributed by atoms with Crippen molar-refractivity contribution in [1.29, 1.82) is 0 Å². The van der Waals surface area contributed by atoms with Gasteiger partial charge in [0.15, 0.2) is 0 Å². The van der Waals surface area contributed by atoms with Crippen LogP contribution in [-0.2, 0) is 12.8 Å². The normalized spacial score (nSPS) is 21.1. The lowest BCUT2D eigenvalue weighted by molar-refractivity contribution is 0.414. The second-order valence-electron chi connectivity index (χ2n) is 3.94. The summed E-state index contributed by atoms with van der Waals surface area (Å²) in [5.74, 6) is 0.971. The van der Waals surface area contributed by atoms with Crippen LogP contribution in [0.2, 0.25) is 0 Å². The third kappa shape index (κ3) is 1.90. The van der Waals surface area contributed by atoms with Crippen molar-refractivity contribution in [2.75, 3.05) is 13.7 Å². The standard InChI is InChI=1S/C12H17NO/c1-9-7-10-3-4-12(14-2)8-11(10)5-6-13-9/h3-4,8-9,13H,5-7H2,1-2H3. The van der Waals surface area contributed by atoms with E-state index in [0.29, 0.717) is 6.04 Å². The van der Waals surface area contributed by atoms with Crippen molar-refractivity contribution >= 4 is 0 Å². The van der Waals surface area contributed by atoms with Gasteiger partial charge in [-0.1, -0.05) is 6.07 Å². The van der Waals surface area contributed by atoms with E-state index in [9.17, 15) is 0 Å². The molecule has 0 spiro atoms. The molecular weight excluding hydrogens is 174 g/mol. The molecule has 0 aromatic heterocycles. The number of ether oxygens (including phenoxy) is 1. The molecule has 1 aromatic carbocycles. The van der Waals surface area contributed by atoms with Crippen molar-refractivity contribution in [3.8, 4) is 5.75 Å². The van der Waals surface area contributed by atoms with Gasteiger partial charge in [-0.15, -0.1) is 0 Å². The fourth-order valence-electron chi connectivity index (χ4n) is 2.02. The van der Waals surface area contributed by atoms with Crippen molar-refractivity contribution in [3.05, 3.63) is 29.3 Å². The van der Waals surface area contributed by atoms with E-state index in [4.69, 9.17) is 4.74 Å². The van der Waals surface area contributed by atoms with Crippen molar-refractivity contribution < 1.29 is 4.74 Å². The summed E-state index contributed by atoms with van der Waals surface area (Å²) in [6, 6.07) is 6.99. The Morgan fingerprint density at radius 3 is 3.00 bits per heavy atom. The molecule has 0 aliphatic carbocycles. The van der Waals surface area contributed by atoms with Crippen LogP contribution in [0, 0.1) is 0 Å². The van der Waals surface area contributed by atoms with Crippen molar-refractivity contribution in [3.63, 3.8) is 0 Å². The molecule has 76 valence electrons. The number of hydrogen-bond acceptors (Lipinski definition) is 2. The molecule has 1 N–H and O–H groups in total. The van der Waals surface area contributed by atoms with E-state index in [1.807, 2.05) is 0 Å². The largest absolute Gasteiger partial charge is 0.497 e. The Kier molecular flexibility index (Phi) is 2.73. The number of nitrogens with one attached hydrogen (secondary N) is 1. The molecule has 0 saturated carbocycles. The predicted molar refractivity (Wildman–Crippen MR) is 57.9 cm³/mol. The molecule has 2 nitrogen and oxygen atoms in total. The van der Waals surface area contributed by atoms with Gasteiger partial charge >= 0.3 is 0 Å². The Bertz CT molecular complexity index is 322. The summed E-state index contributed by atoms with van der Waals surface area (Å²) in [6.07, 6.45) is 2.23. The number of fused-ring (bicyclic) bond motifs is 1. The van der Waals surface area contributed by atoms with Gasteiger partial charge in [0, 0.05) is 6.04 Å². The molecule has 2 rings (SSSR count). The Balaban J connectivity index is 2.31. The maximum atomic E-state index is 5.23. The zero-order valence-corrected chi connectivity index (χ0v) is 8.84. The van der Waals surface area contributed by atoms with Crippen molar-refractivity contribution in [1.82, 2.24) is 5.32 Å². The highest BCUT2D eigenvalue weighted by Crippen LogP contribution is 2.21. The molecule has 1 aromatic rings. The van der Waals surface area contributed by atoms with Gasteiger partial charge in [-0.2, -0.15) is 0 Å². The maximum Gasteiger partial charge on any atom is 0.119 e. The van der Waals surface area contributed by atoms with Gasteiger partial charge in [0.2, 0.25) is 0 Å². The lowest BCUT2D eigenvalue weighted by atomic mass is 10.0. The van der Waals surface area contributed by atoms with E-state index < -0.39 is 0 Å². The van der Waals surface area contributed by atoms with Crippen LogP contribution in [0.1, 0.15) is 18.1 Å². The second-order valence-corrected chi connectivity index (χ2v) is 3.94. The number of benzene rings is 1. The predicted octanol–water partition coefficient (Wildman–Crippen LogP) is 1.77. The number of hydrogen-bond donors (Lipinski definition) is 1. The molecule has 0 amide bonds. The summed E-state index contributed by atoms with van der Waals surface area (Å²) >= 11 is 0. The van der Waals surface area contributed by atoms with Gasteiger partial charge in [0.1, 0.15) is 5.75 Å². The molecule has 1 atom stereocenters. The minimum atomic E-state index is 0.588. The Hall–Kier alpha value is -1.02. The molecule has 1 unspecified atom stereocenters. The monoisotopic (exact) mass is 191 g/mol.